The van der Waals surface area contributed by atoms with E-state index in [0.717, 1.165) is 83.2 Å². The minimum absolute atomic E-state index is 0.854. The smallest absolute Gasteiger partial charge is 0.160 e. The molecule has 0 unspecified atom stereocenters. The van der Waals surface area contributed by atoms with Crippen LogP contribution in [0.4, 0.5) is 17.1 Å². The highest BCUT2D eigenvalue weighted by molar-refractivity contribution is 6.17. The first kappa shape index (κ1) is 27.5. The molecule has 0 atom stereocenters. The molecule has 0 aliphatic carbocycles. The summed E-state index contributed by atoms with van der Waals surface area (Å²) in [6, 6.07) is 61.9. The van der Waals surface area contributed by atoms with Crippen LogP contribution < -0.4 is 4.90 Å². The van der Waals surface area contributed by atoms with E-state index in [-0.39, 0.29) is 0 Å². The summed E-state index contributed by atoms with van der Waals surface area (Å²) >= 11 is 0. The molecule has 0 radical (unpaired) electrons. The van der Waals surface area contributed by atoms with Crippen LogP contribution in [0, 0.1) is 0 Å². The lowest BCUT2D eigenvalue weighted by Gasteiger charge is -2.26. The molecule has 8 aromatic carbocycles. The maximum Gasteiger partial charge on any atom is 0.160 e. The summed E-state index contributed by atoms with van der Waals surface area (Å²) < 4.78 is 13.2. The number of hydrogen-bond donors (Lipinski definition) is 0. The van der Waals surface area contributed by atoms with Crippen LogP contribution in [0.2, 0.25) is 0 Å². The largest absolute Gasteiger partial charge is 0.455 e. The van der Waals surface area contributed by atoms with Crippen molar-refractivity contribution in [2.45, 2.75) is 0 Å². The lowest BCUT2D eigenvalue weighted by atomic mass is 9.98. The third-order valence-corrected chi connectivity index (χ3v) is 9.66. The van der Waals surface area contributed by atoms with Gasteiger partial charge in [0, 0.05) is 38.5 Å². The summed E-state index contributed by atoms with van der Waals surface area (Å²) in [5.74, 6) is 0. The third kappa shape index (κ3) is 4.44. The maximum atomic E-state index is 6.77. The molecule has 0 spiro atoms. The molecular weight excluding hydrogens is 599 g/mol. The van der Waals surface area contributed by atoms with Crippen LogP contribution >= 0.6 is 0 Å². The topological polar surface area (TPSA) is 29.5 Å². The van der Waals surface area contributed by atoms with Crippen LogP contribution in [0.15, 0.2) is 185 Å². The zero-order valence-corrected chi connectivity index (χ0v) is 26.5. The van der Waals surface area contributed by atoms with Crippen molar-refractivity contribution >= 4 is 71.7 Å². The van der Waals surface area contributed by atoms with Crippen LogP contribution in [0.25, 0.3) is 76.9 Å². The number of fused-ring (bicyclic) bond motifs is 7. The molecule has 10 aromatic rings. The van der Waals surface area contributed by atoms with Gasteiger partial charge in [-0.3, -0.25) is 0 Å². The molecule has 0 amide bonds. The molecule has 0 saturated heterocycles. The van der Waals surface area contributed by atoms with Gasteiger partial charge >= 0.3 is 0 Å². The van der Waals surface area contributed by atoms with Gasteiger partial charge in [-0.05, 0) is 69.9 Å². The van der Waals surface area contributed by atoms with Crippen LogP contribution in [-0.2, 0) is 0 Å². The van der Waals surface area contributed by atoms with Gasteiger partial charge in [-0.2, -0.15) is 0 Å². The van der Waals surface area contributed by atoms with E-state index in [9.17, 15) is 0 Å². The predicted octanol–water partition coefficient (Wildman–Crippen LogP) is 13.4. The number of benzene rings is 8. The molecule has 10 rings (SSSR count). The second-order valence-corrected chi connectivity index (χ2v) is 12.5. The van der Waals surface area contributed by atoms with Crippen molar-refractivity contribution in [2.75, 3.05) is 4.90 Å². The Labute approximate surface area is 282 Å². The molecule has 0 aliphatic heterocycles. The fraction of sp³-hybridized carbons (Fsp3) is 0. The number of furan rings is 2. The van der Waals surface area contributed by atoms with Gasteiger partial charge in [0.25, 0.3) is 0 Å². The van der Waals surface area contributed by atoms with Crippen molar-refractivity contribution in [1.82, 2.24) is 0 Å². The van der Waals surface area contributed by atoms with Crippen molar-refractivity contribution in [3.8, 4) is 22.3 Å². The standard InChI is InChI=1S/C46H29NO2/c1-2-12-31(13-3-1)36-27-28-41(46-44(36)40-16-7-9-20-43(40)49-46)47(35-26-21-30-11-4-5-14-33(30)29-35)34-24-22-32(23-25-34)37-17-10-18-39-38-15-6-8-19-42(38)48-45(37)39/h1-29H. The molecule has 0 saturated carbocycles. The number of hydrogen-bond acceptors (Lipinski definition) is 3. The second-order valence-electron chi connectivity index (χ2n) is 12.5. The Balaban J connectivity index is 1.19. The van der Waals surface area contributed by atoms with Gasteiger partial charge in [0.05, 0.1) is 5.69 Å². The number of nitrogens with zero attached hydrogens (tertiary/aromatic N) is 1. The second kappa shape index (κ2) is 11.0. The summed E-state index contributed by atoms with van der Waals surface area (Å²) in [6.45, 7) is 0. The molecular formula is C46H29NO2. The zero-order chi connectivity index (χ0) is 32.3. The number of para-hydroxylation sites is 3. The first-order valence-corrected chi connectivity index (χ1v) is 16.6. The summed E-state index contributed by atoms with van der Waals surface area (Å²) in [7, 11) is 0. The van der Waals surface area contributed by atoms with Crippen molar-refractivity contribution < 1.29 is 8.83 Å². The first-order valence-electron chi connectivity index (χ1n) is 16.6. The van der Waals surface area contributed by atoms with E-state index < -0.39 is 0 Å². The number of rotatable bonds is 5. The van der Waals surface area contributed by atoms with Crippen molar-refractivity contribution in [3.63, 3.8) is 0 Å². The molecule has 0 aliphatic rings. The summed E-state index contributed by atoms with van der Waals surface area (Å²) in [5.41, 5.74) is 11.1. The summed E-state index contributed by atoms with van der Waals surface area (Å²) in [5, 5.41) is 6.85. The highest BCUT2D eigenvalue weighted by atomic mass is 16.3. The number of anilines is 3. The van der Waals surface area contributed by atoms with Crippen molar-refractivity contribution in [1.29, 1.82) is 0 Å². The van der Waals surface area contributed by atoms with E-state index >= 15 is 0 Å². The fourth-order valence-electron chi connectivity index (χ4n) is 7.36. The Hall–Kier alpha value is -6.58. The van der Waals surface area contributed by atoms with Gasteiger partial charge in [-0.1, -0.05) is 133 Å². The predicted molar refractivity (Wildman–Crippen MR) is 204 cm³/mol. The Kier molecular flexibility index (Phi) is 6.18. The minimum Gasteiger partial charge on any atom is -0.455 e. The zero-order valence-electron chi connectivity index (χ0n) is 26.5. The normalized spacial score (nSPS) is 11.7. The Bertz CT molecular complexity index is 2830. The summed E-state index contributed by atoms with van der Waals surface area (Å²) in [4.78, 5) is 2.32. The molecule has 49 heavy (non-hydrogen) atoms. The van der Waals surface area contributed by atoms with Gasteiger partial charge < -0.3 is 13.7 Å². The van der Waals surface area contributed by atoms with Gasteiger partial charge in [0.2, 0.25) is 0 Å². The molecule has 3 heteroatoms. The average Bonchev–Trinajstić information content (AvgIpc) is 3.75. The molecule has 3 nitrogen and oxygen atoms in total. The van der Waals surface area contributed by atoms with Crippen LogP contribution in [0.1, 0.15) is 0 Å². The highest BCUT2D eigenvalue weighted by Crippen LogP contribution is 2.46. The van der Waals surface area contributed by atoms with Gasteiger partial charge in [-0.25, -0.2) is 0 Å². The first-order chi connectivity index (χ1) is 24.3. The molecule has 0 fully saturated rings. The van der Waals surface area contributed by atoms with Crippen LogP contribution in [0.5, 0.6) is 0 Å². The lowest BCUT2D eigenvalue weighted by Crippen LogP contribution is -2.10. The van der Waals surface area contributed by atoms with Crippen LogP contribution in [0.3, 0.4) is 0 Å². The van der Waals surface area contributed by atoms with E-state index in [1.54, 1.807) is 0 Å². The monoisotopic (exact) mass is 627 g/mol. The minimum atomic E-state index is 0.854. The van der Waals surface area contributed by atoms with Gasteiger partial charge in [0.15, 0.2) is 5.58 Å². The third-order valence-electron chi connectivity index (χ3n) is 9.66. The fourth-order valence-corrected chi connectivity index (χ4v) is 7.36. The average molecular weight is 628 g/mol. The summed E-state index contributed by atoms with van der Waals surface area (Å²) in [6.07, 6.45) is 0. The lowest BCUT2D eigenvalue weighted by molar-refractivity contribution is 0.669. The van der Waals surface area contributed by atoms with Crippen molar-refractivity contribution in [3.05, 3.63) is 176 Å². The molecule has 2 heterocycles. The van der Waals surface area contributed by atoms with E-state index in [1.165, 1.54) is 10.8 Å². The molecule has 0 bridgehead atoms. The molecule has 0 N–H and O–H groups in total. The van der Waals surface area contributed by atoms with Crippen molar-refractivity contribution in [2.24, 2.45) is 0 Å². The van der Waals surface area contributed by atoms with E-state index in [1.807, 2.05) is 18.2 Å². The Morgan fingerprint density at radius 1 is 0.367 bits per heavy atom. The van der Waals surface area contributed by atoms with E-state index in [2.05, 4.69) is 163 Å². The highest BCUT2D eigenvalue weighted by Gasteiger charge is 2.22. The quantitative estimate of drug-likeness (QED) is 0.190. The van der Waals surface area contributed by atoms with E-state index in [0.29, 0.717) is 0 Å². The Morgan fingerprint density at radius 3 is 1.84 bits per heavy atom. The SMILES string of the molecule is c1ccc(-c2ccc(N(c3ccc(-c4cccc5c4oc4ccccc45)cc3)c3ccc4ccccc4c3)c3oc4ccccc4c23)cc1. The van der Waals surface area contributed by atoms with Gasteiger partial charge in [0.1, 0.15) is 16.7 Å². The maximum absolute atomic E-state index is 6.77. The molecule has 230 valence electrons. The van der Waals surface area contributed by atoms with Gasteiger partial charge in [-0.15, -0.1) is 0 Å². The Morgan fingerprint density at radius 2 is 1.00 bits per heavy atom. The van der Waals surface area contributed by atoms with E-state index in [4.69, 9.17) is 8.83 Å². The van der Waals surface area contributed by atoms with Crippen LogP contribution in [-0.4, -0.2) is 0 Å². The molecule has 2 aromatic heterocycles.